The van der Waals surface area contributed by atoms with Gasteiger partial charge >= 0.3 is 12.2 Å². The highest BCUT2D eigenvalue weighted by Crippen LogP contribution is 2.44. The van der Waals surface area contributed by atoms with Crippen LogP contribution >= 0.6 is 0 Å². The second-order valence-electron chi connectivity index (χ2n) is 10.4. The van der Waals surface area contributed by atoms with E-state index in [1.165, 1.54) is 13.0 Å². The molecule has 0 bridgehead atoms. The maximum atomic E-state index is 16.3. The van der Waals surface area contributed by atoms with E-state index in [1.807, 2.05) is 4.90 Å². The van der Waals surface area contributed by atoms with Gasteiger partial charge in [-0.25, -0.2) is 8.78 Å². The van der Waals surface area contributed by atoms with Gasteiger partial charge in [0.2, 0.25) is 0 Å². The number of H-pyrrole nitrogens is 2. The number of nitrogens with one attached hydrogen (secondary N) is 3. The van der Waals surface area contributed by atoms with Gasteiger partial charge in [-0.15, -0.1) is 0 Å². The maximum Gasteiger partial charge on any atom is 0.417 e. The van der Waals surface area contributed by atoms with Crippen LogP contribution in [0.3, 0.4) is 0 Å². The fraction of sp³-hybridized carbons (Fsp3) is 0.462. The topological polar surface area (TPSA) is 112 Å². The highest BCUT2D eigenvalue weighted by molar-refractivity contribution is 5.99. The number of rotatable bonds is 6. The Bertz CT molecular complexity index is 1680. The van der Waals surface area contributed by atoms with Crippen molar-refractivity contribution in [2.75, 3.05) is 31.6 Å². The van der Waals surface area contributed by atoms with E-state index in [4.69, 9.17) is 4.74 Å². The van der Waals surface area contributed by atoms with Crippen molar-refractivity contribution in [3.63, 3.8) is 0 Å². The molecule has 5 heterocycles. The first-order valence-corrected chi connectivity index (χ1v) is 13.0. The van der Waals surface area contributed by atoms with Crippen LogP contribution in [0.5, 0.6) is 6.01 Å². The summed E-state index contributed by atoms with van der Waals surface area (Å²) in [6, 6.07) is 0.996. The van der Waals surface area contributed by atoms with Crippen LogP contribution in [0.15, 0.2) is 17.1 Å². The molecule has 2 saturated heterocycles. The van der Waals surface area contributed by atoms with Gasteiger partial charge in [-0.2, -0.15) is 28.2 Å². The molecule has 2 fully saturated rings. The summed E-state index contributed by atoms with van der Waals surface area (Å²) in [5.41, 5.74) is -4.19. The first-order valence-electron chi connectivity index (χ1n) is 13.0. The van der Waals surface area contributed by atoms with Crippen molar-refractivity contribution < 1.29 is 26.7 Å². The minimum atomic E-state index is -4.86. The summed E-state index contributed by atoms with van der Waals surface area (Å²) in [5.74, 6) is -1.21. The lowest BCUT2D eigenvalue weighted by atomic mass is 9.94. The normalized spacial score (nSPS) is 21.4. The largest absolute Gasteiger partial charge is 0.461 e. The van der Waals surface area contributed by atoms with Gasteiger partial charge in [0.25, 0.3) is 5.56 Å². The van der Waals surface area contributed by atoms with Crippen LogP contribution in [0.25, 0.3) is 33.1 Å². The Morgan fingerprint density at radius 1 is 1.30 bits per heavy atom. The third kappa shape index (κ3) is 4.16. The number of aromatic nitrogens is 5. The van der Waals surface area contributed by atoms with Gasteiger partial charge in [0.05, 0.1) is 28.5 Å². The van der Waals surface area contributed by atoms with Crippen molar-refractivity contribution in [3.05, 3.63) is 39.6 Å². The molecule has 212 valence electrons. The molecule has 2 aliphatic rings. The first kappa shape index (κ1) is 26.4. The molecule has 14 heteroatoms. The molecule has 0 radical (unpaired) electrons. The summed E-state index contributed by atoms with van der Waals surface area (Å²) in [6.45, 7) is 4.38. The van der Waals surface area contributed by atoms with E-state index in [0.29, 0.717) is 19.5 Å². The summed E-state index contributed by atoms with van der Waals surface area (Å²) >= 11 is 0. The molecule has 40 heavy (non-hydrogen) atoms. The molecule has 2 atom stereocenters. The van der Waals surface area contributed by atoms with Crippen LogP contribution in [0.4, 0.5) is 27.8 Å². The minimum absolute atomic E-state index is 0.0216. The summed E-state index contributed by atoms with van der Waals surface area (Å²) in [4.78, 5) is 26.0. The quantitative estimate of drug-likeness (QED) is 0.291. The summed E-state index contributed by atoms with van der Waals surface area (Å²) in [6.07, 6.45) is -2.83. The summed E-state index contributed by atoms with van der Waals surface area (Å²) in [5, 5.41) is 9.02. The number of pyridine rings is 1. The molecule has 0 saturated carbocycles. The highest BCUT2D eigenvalue weighted by atomic mass is 19.4. The zero-order valence-electron chi connectivity index (χ0n) is 21.7. The van der Waals surface area contributed by atoms with Crippen molar-refractivity contribution in [1.29, 1.82) is 0 Å². The minimum Gasteiger partial charge on any atom is -0.461 e. The zero-order chi connectivity index (χ0) is 28.4. The average Bonchev–Trinajstić information content (AvgIpc) is 3.57. The van der Waals surface area contributed by atoms with Crippen LogP contribution in [0, 0.1) is 12.7 Å². The second-order valence-corrected chi connectivity index (χ2v) is 10.4. The van der Waals surface area contributed by atoms with E-state index >= 15 is 4.39 Å². The predicted octanol–water partition coefficient (Wildman–Crippen LogP) is 4.71. The van der Waals surface area contributed by atoms with Crippen LogP contribution in [0.1, 0.15) is 37.3 Å². The number of aromatic amines is 2. The molecular formula is C26H26F5N7O2. The molecule has 0 spiro atoms. The third-order valence-electron chi connectivity index (χ3n) is 7.83. The van der Waals surface area contributed by atoms with Gasteiger partial charge in [0.1, 0.15) is 29.5 Å². The van der Waals surface area contributed by atoms with Gasteiger partial charge in [0, 0.05) is 30.5 Å². The first-order chi connectivity index (χ1) is 19.0. The van der Waals surface area contributed by atoms with E-state index in [1.54, 1.807) is 6.92 Å². The fourth-order valence-corrected chi connectivity index (χ4v) is 6.19. The van der Waals surface area contributed by atoms with E-state index in [0.717, 1.165) is 19.2 Å². The third-order valence-corrected chi connectivity index (χ3v) is 7.83. The zero-order valence-corrected chi connectivity index (χ0v) is 21.7. The smallest absolute Gasteiger partial charge is 0.417 e. The number of halogens is 5. The molecule has 0 aliphatic carbocycles. The molecule has 6 rings (SSSR count). The standard InChI is InChI=1S/C26H26F5N7O2/c1-3-32-22-17-21(35-24(36-22)40-11-25-5-4-6-38(25)10-13(27)8-25)19(28)20(34-23(17)39)16-14-9-33-37-15(14)7-12(2)18(16)26(29,30)31/h7,9,13H,3-6,8,10-11H2,1-2H3,(H,33,37)(H,34,39)(H,32,35,36)/t13-,25+/m1/s1. The van der Waals surface area contributed by atoms with Crippen LogP contribution < -0.4 is 15.6 Å². The number of alkyl halides is 4. The van der Waals surface area contributed by atoms with Crippen LogP contribution in [-0.2, 0) is 6.18 Å². The summed E-state index contributed by atoms with van der Waals surface area (Å²) < 4.78 is 79.1. The molecule has 0 unspecified atom stereocenters. The number of fused-ring (bicyclic) bond motifs is 3. The van der Waals surface area contributed by atoms with Gasteiger partial charge in [-0.1, -0.05) is 0 Å². The Balaban J connectivity index is 1.53. The number of anilines is 1. The molecular weight excluding hydrogens is 537 g/mol. The predicted molar refractivity (Wildman–Crippen MR) is 138 cm³/mol. The second kappa shape index (κ2) is 9.39. The Hall–Kier alpha value is -3.81. The van der Waals surface area contributed by atoms with E-state index < -0.39 is 51.6 Å². The Labute approximate surface area is 224 Å². The molecule has 9 nitrogen and oxygen atoms in total. The number of ether oxygens (including phenoxy) is 1. The van der Waals surface area contributed by atoms with Gasteiger partial charge < -0.3 is 15.0 Å². The van der Waals surface area contributed by atoms with Gasteiger partial charge in [-0.3, -0.25) is 14.8 Å². The van der Waals surface area contributed by atoms with Crippen molar-refractivity contribution in [2.45, 2.75) is 51.0 Å². The SMILES string of the molecule is CCNc1nc(OC[C@@]23CCCN2C[C@H](F)C3)nc2c(F)c(-c3c(C(F)(F)F)c(C)cc4[nH]ncc34)[nH]c(=O)c12. The number of aryl methyl sites for hydroxylation is 1. The monoisotopic (exact) mass is 563 g/mol. The number of nitrogens with zero attached hydrogens (tertiary/aromatic N) is 4. The van der Waals surface area contributed by atoms with Gasteiger partial charge in [-0.05, 0) is 44.9 Å². The Morgan fingerprint density at radius 3 is 2.85 bits per heavy atom. The lowest BCUT2D eigenvalue weighted by Crippen LogP contribution is -2.43. The van der Waals surface area contributed by atoms with Crippen molar-refractivity contribution in [1.82, 2.24) is 30.0 Å². The van der Waals surface area contributed by atoms with Crippen LogP contribution in [-0.4, -0.2) is 68.0 Å². The van der Waals surface area contributed by atoms with Crippen molar-refractivity contribution in [2.24, 2.45) is 0 Å². The lowest BCUT2D eigenvalue weighted by molar-refractivity contribution is -0.137. The molecule has 3 aromatic heterocycles. The fourth-order valence-electron chi connectivity index (χ4n) is 6.19. The summed E-state index contributed by atoms with van der Waals surface area (Å²) in [7, 11) is 0. The molecule has 3 N–H and O–H groups in total. The Kier molecular flexibility index (Phi) is 6.20. The Morgan fingerprint density at radius 2 is 2.10 bits per heavy atom. The van der Waals surface area contributed by atoms with Crippen molar-refractivity contribution >= 4 is 27.6 Å². The maximum absolute atomic E-state index is 16.3. The molecule has 1 aromatic carbocycles. The lowest BCUT2D eigenvalue weighted by Gasteiger charge is -2.30. The number of hydrogen-bond donors (Lipinski definition) is 3. The van der Waals surface area contributed by atoms with Crippen LogP contribution in [0.2, 0.25) is 0 Å². The highest BCUT2D eigenvalue weighted by Gasteiger charge is 2.49. The molecule has 4 aromatic rings. The average molecular weight is 564 g/mol. The van der Waals surface area contributed by atoms with E-state index in [2.05, 4.69) is 30.5 Å². The number of benzene rings is 1. The van der Waals surface area contributed by atoms with E-state index in [-0.39, 0.29) is 46.7 Å². The molecule has 0 amide bonds. The van der Waals surface area contributed by atoms with Gasteiger partial charge in [0.15, 0.2) is 5.82 Å². The van der Waals surface area contributed by atoms with E-state index in [9.17, 15) is 22.4 Å². The van der Waals surface area contributed by atoms with Crippen molar-refractivity contribution in [3.8, 4) is 17.3 Å². The molecule has 2 aliphatic heterocycles. The number of hydrogen-bond acceptors (Lipinski definition) is 7.